The number of carbonyl (C=O) groups is 1. The van der Waals surface area contributed by atoms with Gasteiger partial charge in [0.05, 0.1) is 6.26 Å². The Hall–Kier alpha value is -3.37. The predicted octanol–water partition coefficient (Wildman–Crippen LogP) is 5.41. The second-order valence-corrected chi connectivity index (χ2v) is 8.78. The van der Waals surface area contributed by atoms with E-state index < -0.39 is 5.41 Å². The molecule has 1 aromatic heterocycles. The van der Waals surface area contributed by atoms with E-state index in [-0.39, 0.29) is 11.8 Å². The lowest BCUT2D eigenvalue weighted by Gasteiger charge is -2.38. The summed E-state index contributed by atoms with van der Waals surface area (Å²) in [5, 5.41) is 1.13. The molecule has 2 atom stereocenters. The van der Waals surface area contributed by atoms with Crippen molar-refractivity contribution >= 4 is 16.9 Å². The minimum absolute atomic E-state index is 0.0662. The molecule has 2 unspecified atom stereocenters. The Morgan fingerprint density at radius 3 is 2.79 bits per heavy atom. The van der Waals surface area contributed by atoms with Gasteiger partial charge in [-0.25, -0.2) is 0 Å². The fraction of sp³-hybridized carbons (Fsp3) is 0.276. The number of nitrogens with zero attached hydrogens (tertiary/aromatic N) is 1. The van der Waals surface area contributed by atoms with Crippen LogP contribution in [0.3, 0.4) is 0 Å². The highest BCUT2D eigenvalue weighted by Gasteiger charge is 2.49. The number of furan rings is 1. The summed E-state index contributed by atoms with van der Waals surface area (Å²) in [6, 6.07) is 18.3. The SMILES string of the molecule is C=C(/C=C\C=C/C)C(C(N)=O)(c1ccccc1)C1CCN(CCc2ccc3occc3c2)C1. The van der Waals surface area contributed by atoms with Gasteiger partial charge in [-0.1, -0.05) is 67.3 Å². The molecule has 2 N–H and O–H groups in total. The van der Waals surface area contributed by atoms with Crippen molar-refractivity contribution in [1.82, 2.24) is 4.90 Å². The molecule has 0 radical (unpaired) electrons. The molecule has 0 bridgehead atoms. The van der Waals surface area contributed by atoms with Crippen molar-refractivity contribution in [2.24, 2.45) is 11.7 Å². The summed E-state index contributed by atoms with van der Waals surface area (Å²) < 4.78 is 5.45. The standard InChI is InChI=1S/C29H32N2O2/c1-3-4-6-9-22(2)29(28(30)32,25-10-7-5-8-11-25)26-15-18-31(21-26)17-14-23-12-13-27-24(20-23)16-19-33-27/h3-13,16,19-20,26H,2,14-15,17-18,21H2,1H3,(H2,30,32)/b4-3-,9-6-. The molecule has 4 rings (SSSR count). The first-order valence-corrected chi connectivity index (χ1v) is 11.6. The van der Waals surface area contributed by atoms with Crippen LogP contribution in [0.15, 0.2) is 102 Å². The van der Waals surface area contributed by atoms with Crippen molar-refractivity contribution in [3.05, 3.63) is 108 Å². The van der Waals surface area contributed by atoms with Gasteiger partial charge in [0.15, 0.2) is 0 Å². The van der Waals surface area contributed by atoms with Gasteiger partial charge in [-0.2, -0.15) is 0 Å². The average Bonchev–Trinajstić information content (AvgIpc) is 3.48. The number of hydrogen-bond acceptors (Lipinski definition) is 3. The number of primary amides is 1. The van der Waals surface area contributed by atoms with Crippen molar-refractivity contribution in [1.29, 1.82) is 0 Å². The Morgan fingerprint density at radius 2 is 2.03 bits per heavy atom. The van der Waals surface area contributed by atoms with Gasteiger partial charge in [0.25, 0.3) is 0 Å². The molecular weight excluding hydrogens is 408 g/mol. The van der Waals surface area contributed by atoms with Crippen molar-refractivity contribution in [2.75, 3.05) is 19.6 Å². The van der Waals surface area contributed by atoms with Crippen LogP contribution < -0.4 is 5.73 Å². The Labute approximate surface area is 196 Å². The Kier molecular flexibility index (Phi) is 6.95. The van der Waals surface area contributed by atoms with Crippen LogP contribution in [0.2, 0.25) is 0 Å². The van der Waals surface area contributed by atoms with E-state index in [9.17, 15) is 4.79 Å². The zero-order chi connectivity index (χ0) is 23.3. The second kappa shape index (κ2) is 10.1. The van der Waals surface area contributed by atoms with Crippen molar-refractivity contribution in [2.45, 2.75) is 25.2 Å². The number of nitrogens with two attached hydrogens (primary N) is 1. The summed E-state index contributed by atoms with van der Waals surface area (Å²) in [4.78, 5) is 15.6. The predicted molar refractivity (Wildman–Crippen MR) is 135 cm³/mol. The fourth-order valence-electron chi connectivity index (χ4n) is 5.15. The van der Waals surface area contributed by atoms with E-state index in [1.54, 1.807) is 6.26 Å². The molecule has 0 spiro atoms. The lowest BCUT2D eigenvalue weighted by atomic mass is 9.64. The third-order valence-corrected chi connectivity index (χ3v) is 6.84. The van der Waals surface area contributed by atoms with E-state index in [1.165, 1.54) is 5.56 Å². The van der Waals surface area contributed by atoms with Gasteiger partial charge >= 0.3 is 0 Å². The molecule has 4 nitrogen and oxygen atoms in total. The van der Waals surface area contributed by atoms with Gasteiger partial charge < -0.3 is 15.1 Å². The fourth-order valence-corrected chi connectivity index (χ4v) is 5.15. The summed E-state index contributed by atoms with van der Waals surface area (Å²) in [7, 11) is 0. The Balaban J connectivity index is 1.56. The molecule has 1 aliphatic heterocycles. The summed E-state index contributed by atoms with van der Waals surface area (Å²) in [5.74, 6) is -0.266. The molecule has 4 heteroatoms. The maximum absolute atomic E-state index is 13.2. The summed E-state index contributed by atoms with van der Waals surface area (Å²) in [6.07, 6.45) is 11.3. The third-order valence-electron chi connectivity index (χ3n) is 6.84. The minimum Gasteiger partial charge on any atom is -0.464 e. The van der Waals surface area contributed by atoms with Crippen molar-refractivity contribution in [3.8, 4) is 0 Å². The van der Waals surface area contributed by atoms with Crippen LogP contribution in [0, 0.1) is 5.92 Å². The molecule has 0 saturated carbocycles. The lowest BCUT2D eigenvalue weighted by molar-refractivity contribution is -0.123. The van der Waals surface area contributed by atoms with E-state index in [0.29, 0.717) is 0 Å². The smallest absolute Gasteiger partial charge is 0.232 e. The largest absolute Gasteiger partial charge is 0.464 e. The zero-order valence-corrected chi connectivity index (χ0v) is 19.2. The Morgan fingerprint density at radius 1 is 1.21 bits per heavy atom. The van der Waals surface area contributed by atoms with E-state index in [0.717, 1.165) is 54.6 Å². The number of rotatable bonds is 9. The number of hydrogen-bond donors (Lipinski definition) is 1. The van der Waals surface area contributed by atoms with E-state index in [1.807, 2.05) is 73.7 Å². The van der Waals surface area contributed by atoms with Gasteiger partial charge in [0, 0.05) is 18.5 Å². The van der Waals surface area contributed by atoms with Crippen LogP contribution in [0.1, 0.15) is 24.5 Å². The number of carbonyl (C=O) groups excluding carboxylic acids is 1. The number of benzene rings is 2. The summed E-state index contributed by atoms with van der Waals surface area (Å²) in [5.41, 5.74) is 9.11. The maximum atomic E-state index is 13.2. The third kappa shape index (κ3) is 4.57. The van der Waals surface area contributed by atoms with Gasteiger partial charge in [-0.3, -0.25) is 4.79 Å². The number of amides is 1. The summed E-state index contributed by atoms with van der Waals surface area (Å²) >= 11 is 0. The van der Waals surface area contributed by atoms with Gasteiger partial charge in [-0.15, -0.1) is 0 Å². The molecule has 170 valence electrons. The molecule has 33 heavy (non-hydrogen) atoms. The first kappa shape index (κ1) is 22.8. The number of likely N-dealkylation sites (tertiary alicyclic amines) is 1. The van der Waals surface area contributed by atoms with Crippen LogP contribution in [0.25, 0.3) is 11.0 Å². The minimum atomic E-state index is -0.927. The highest BCUT2D eigenvalue weighted by Crippen LogP contribution is 2.43. The molecule has 1 saturated heterocycles. The van der Waals surface area contributed by atoms with Crippen molar-refractivity contribution in [3.63, 3.8) is 0 Å². The van der Waals surface area contributed by atoms with Crippen LogP contribution >= 0.6 is 0 Å². The number of fused-ring (bicyclic) bond motifs is 1. The maximum Gasteiger partial charge on any atom is 0.232 e. The quantitative estimate of drug-likeness (QED) is 0.453. The Bertz CT molecular complexity index is 1170. The van der Waals surface area contributed by atoms with Gasteiger partial charge in [0.2, 0.25) is 5.91 Å². The molecule has 3 aromatic rings. The van der Waals surface area contributed by atoms with Crippen LogP contribution in [0.5, 0.6) is 0 Å². The van der Waals surface area contributed by atoms with Gasteiger partial charge in [-0.05, 0) is 67.1 Å². The van der Waals surface area contributed by atoms with Crippen LogP contribution in [0.4, 0.5) is 0 Å². The normalized spacial score (nSPS) is 18.9. The van der Waals surface area contributed by atoms with Crippen LogP contribution in [-0.2, 0) is 16.6 Å². The first-order chi connectivity index (χ1) is 16.1. The van der Waals surface area contributed by atoms with E-state index >= 15 is 0 Å². The topological polar surface area (TPSA) is 59.5 Å². The molecule has 1 fully saturated rings. The van der Waals surface area contributed by atoms with Crippen molar-refractivity contribution < 1.29 is 9.21 Å². The molecular formula is C29H32N2O2. The van der Waals surface area contributed by atoms with E-state index in [4.69, 9.17) is 10.2 Å². The van der Waals surface area contributed by atoms with Crippen LogP contribution in [-0.4, -0.2) is 30.4 Å². The van der Waals surface area contributed by atoms with Gasteiger partial charge in [0.1, 0.15) is 11.0 Å². The molecule has 2 aromatic carbocycles. The monoisotopic (exact) mass is 440 g/mol. The number of allylic oxidation sites excluding steroid dienone is 4. The highest BCUT2D eigenvalue weighted by atomic mass is 16.3. The molecule has 1 aliphatic rings. The second-order valence-electron chi connectivity index (χ2n) is 8.78. The average molecular weight is 441 g/mol. The lowest BCUT2D eigenvalue weighted by Crippen LogP contribution is -2.49. The molecule has 0 aliphatic carbocycles. The first-order valence-electron chi connectivity index (χ1n) is 11.6. The molecule has 1 amide bonds. The highest BCUT2D eigenvalue weighted by molar-refractivity contribution is 5.92. The molecule has 2 heterocycles. The zero-order valence-electron chi connectivity index (χ0n) is 19.2. The summed E-state index contributed by atoms with van der Waals surface area (Å²) in [6.45, 7) is 8.98. The van der Waals surface area contributed by atoms with E-state index in [2.05, 4.69) is 23.6 Å².